The zero-order chi connectivity index (χ0) is 18.2. The Labute approximate surface area is 167 Å². The van der Waals surface area contributed by atoms with Gasteiger partial charge < -0.3 is 0 Å². The van der Waals surface area contributed by atoms with Crippen molar-refractivity contribution in [2.45, 2.75) is 76.2 Å². The topological polar surface area (TPSA) is 17.1 Å². The van der Waals surface area contributed by atoms with Gasteiger partial charge in [-0.2, -0.15) is 0 Å². The van der Waals surface area contributed by atoms with Crippen LogP contribution in [-0.4, -0.2) is 21.4 Å². The van der Waals surface area contributed by atoms with Gasteiger partial charge in [0.25, 0.3) is 0 Å². The minimum Gasteiger partial charge on any atom is -0.300 e. The number of hydrogen-bond acceptors (Lipinski definition) is 3. The molecule has 0 aromatic heterocycles. The normalized spacial score (nSPS) is 49.3. The molecular weight excluding hydrogens is 358 g/mol. The maximum absolute atomic E-state index is 12.3. The quantitative estimate of drug-likeness (QED) is 0.383. The van der Waals surface area contributed by atoms with Crippen LogP contribution in [0.4, 0.5) is 0 Å². The van der Waals surface area contributed by atoms with Crippen molar-refractivity contribution >= 4 is 29.3 Å². The molecule has 5 aliphatic rings. The lowest BCUT2D eigenvalue weighted by Crippen LogP contribution is -2.51. The molecule has 26 heavy (non-hydrogen) atoms. The first-order valence-electron chi connectivity index (χ1n) is 10.9. The Morgan fingerprint density at radius 1 is 1.00 bits per heavy atom. The molecule has 0 amide bonds. The van der Waals surface area contributed by atoms with Crippen molar-refractivity contribution in [3.05, 3.63) is 11.6 Å². The van der Waals surface area contributed by atoms with Crippen LogP contribution in [-0.2, 0) is 4.79 Å². The first kappa shape index (κ1) is 18.2. The molecule has 0 aromatic rings. The molecule has 1 spiro atoms. The highest BCUT2D eigenvalue weighted by Crippen LogP contribution is 2.68. The van der Waals surface area contributed by atoms with Gasteiger partial charge in [-0.1, -0.05) is 25.5 Å². The zero-order valence-electron chi connectivity index (χ0n) is 16.7. The molecule has 4 fully saturated rings. The number of allylic oxidation sites excluding steroid dienone is 1. The van der Waals surface area contributed by atoms with Gasteiger partial charge in [0, 0.05) is 17.4 Å². The van der Waals surface area contributed by atoms with Crippen LogP contribution >= 0.6 is 23.5 Å². The van der Waals surface area contributed by atoms with Gasteiger partial charge in [-0.05, 0) is 86.9 Å². The number of ketones is 1. The highest BCUT2D eigenvalue weighted by molar-refractivity contribution is 8.21. The van der Waals surface area contributed by atoms with Crippen molar-refractivity contribution in [1.82, 2.24) is 0 Å². The largest absolute Gasteiger partial charge is 0.300 e. The van der Waals surface area contributed by atoms with Crippen molar-refractivity contribution in [1.29, 1.82) is 0 Å². The molecule has 1 aliphatic heterocycles. The summed E-state index contributed by atoms with van der Waals surface area (Å²) in [5.41, 5.74) is 2.57. The van der Waals surface area contributed by atoms with Gasteiger partial charge in [0.2, 0.25) is 0 Å². The summed E-state index contributed by atoms with van der Waals surface area (Å²) in [4.78, 5) is 12.3. The Morgan fingerprint density at radius 2 is 1.77 bits per heavy atom. The molecule has 0 N–H and O–H groups in total. The van der Waals surface area contributed by atoms with Gasteiger partial charge in [0.1, 0.15) is 5.78 Å². The number of rotatable bonds is 1. The standard InChI is InChI=1S/C23H34OS2/c1-15(24)18-6-7-19-17-5-4-16-14-23(25-12-13-26-23)11-10-21(16,2)20(17)8-9-22(18,19)3/h14,17-20H,4-13H2,1-3H3/t17-,18+,19-,20-,21-,22+/m0/s1/i1+1,15+1. The Kier molecular flexibility index (Phi) is 4.23. The van der Waals surface area contributed by atoms with Crippen LogP contribution in [0, 0.1) is 34.5 Å². The third-order valence-corrected chi connectivity index (χ3v) is 12.8. The highest BCUT2D eigenvalue weighted by Gasteiger charge is 2.60. The molecule has 0 radical (unpaired) electrons. The maximum Gasteiger partial charge on any atom is 0.133 e. The number of carbonyl (C=O) groups excluding carboxylic acids is 1. The van der Waals surface area contributed by atoms with Crippen LogP contribution in [0.5, 0.6) is 0 Å². The van der Waals surface area contributed by atoms with Crippen LogP contribution in [0.1, 0.15) is 72.1 Å². The lowest BCUT2D eigenvalue weighted by Gasteiger charge is -2.59. The monoisotopic (exact) mass is 392 g/mol. The van der Waals surface area contributed by atoms with Gasteiger partial charge in [-0.15, -0.1) is 23.5 Å². The number of thioether (sulfide) groups is 2. The van der Waals surface area contributed by atoms with Crippen LogP contribution in [0.15, 0.2) is 11.6 Å². The van der Waals surface area contributed by atoms with E-state index in [9.17, 15) is 4.79 Å². The number of Topliss-reactive ketones (excluding diaryl/α,β-unsaturated/α-hetero) is 1. The summed E-state index contributed by atoms with van der Waals surface area (Å²) >= 11 is 4.43. The van der Waals surface area contributed by atoms with E-state index < -0.39 is 0 Å². The Hall–Kier alpha value is 0.110. The minimum atomic E-state index is 0.303. The molecule has 3 saturated carbocycles. The first-order chi connectivity index (χ1) is 12.4. The molecule has 1 nitrogen and oxygen atoms in total. The summed E-state index contributed by atoms with van der Waals surface area (Å²) in [6.45, 7) is 6.94. The predicted molar refractivity (Wildman–Crippen MR) is 114 cm³/mol. The Balaban J connectivity index is 1.45. The Bertz CT molecular complexity index is 649. The lowest BCUT2D eigenvalue weighted by atomic mass is 9.47. The van der Waals surface area contributed by atoms with Crippen molar-refractivity contribution in [3.8, 4) is 0 Å². The average Bonchev–Trinajstić information content (AvgIpc) is 3.20. The summed E-state index contributed by atoms with van der Waals surface area (Å²) in [5.74, 6) is 6.04. The van der Waals surface area contributed by atoms with Crippen molar-refractivity contribution in [2.75, 3.05) is 11.5 Å². The van der Waals surface area contributed by atoms with E-state index in [0.717, 1.165) is 24.2 Å². The fourth-order valence-electron chi connectivity index (χ4n) is 8.05. The van der Waals surface area contributed by atoms with E-state index in [1.807, 2.05) is 12.5 Å². The molecule has 0 bridgehead atoms. The van der Waals surface area contributed by atoms with Gasteiger partial charge in [0.15, 0.2) is 0 Å². The van der Waals surface area contributed by atoms with Crippen LogP contribution < -0.4 is 0 Å². The van der Waals surface area contributed by atoms with Gasteiger partial charge in [-0.25, -0.2) is 0 Å². The van der Waals surface area contributed by atoms with Gasteiger partial charge in [0.05, 0.1) is 4.08 Å². The lowest BCUT2D eigenvalue weighted by molar-refractivity contribution is -0.127. The Morgan fingerprint density at radius 3 is 2.50 bits per heavy atom. The summed E-state index contributed by atoms with van der Waals surface area (Å²) < 4.78 is 0.429. The van der Waals surface area contributed by atoms with Crippen LogP contribution in [0.2, 0.25) is 0 Å². The molecule has 4 aliphatic carbocycles. The van der Waals surface area contributed by atoms with E-state index in [-0.39, 0.29) is 0 Å². The van der Waals surface area contributed by atoms with Crippen molar-refractivity contribution in [2.24, 2.45) is 34.5 Å². The maximum atomic E-state index is 12.3. The third-order valence-electron chi connectivity index (χ3n) is 9.39. The fourth-order valence-corrected chi connectivity index (χ4v) is 11.2. The molecule has 0 aromatic carbocycles. The van der Waals surface area contributed by atoms with Crippen molar-refractivity contribution < 1.29 is 4.79 Å². The molecule has 3 heteroatoms. The molecule has 6 atom stereocenters. The average molecular weight is 393 g/mol. The smallest absolute Gasteiger partial charge is 0.133 e. The zero-order valence-corrected chi connectivity index (χ0v) is 18.3. The van der Waals surface area contributed by atoms with Gasteiger partial charge >= 0.3 is 0 Å². The van der Waals surface area contributed by atoms with Gasteiger partial charge in [-0.3, -0.25) is 4.79 Å². The number of fused-ring (bicyclic) bond motifs is 5. The van der Waals surface area contributed by atoms with E-state index in [0.29, 0.717) is 26.6 Å². The summed E-state index contributed by atoms with van der Waals surface area (Å²) in [6, 6.07) is 0. The molecule has 144 valence electrons. The molecule has 5 rings (SSSR count). The van der Waals surface area contributed by atoms with Crippen molar-refractivity contribution in [3.63, 3.8) is 0 Å². The second kappa shape index (κ2) is 6.05. The van der Waals surface area contributed by atoms with Crippen LogP contribution in [0.3, 0.4) is 0 Å². The molecule has 1 saturated heterocycles. The van der Waals surface area contributed by atoms with E-state index >= 15 is 0 Å². The summed E-state index contributed by atoms with van der Waals surface area (Å²) in [6.07, 6.45) is 13.4. The molecule has 0 unspecified atom stereocenters. The van der Waals surface area contributed by atoms with E-state index in [4.69, 9.17) is 0 Å². The highest BCUT2D eigenvalue weighted by atomic mass is 32.2. The predicted octanol–water partition coefficient (Wildman–Crippen LogP) is 6.33. The minimum absolute atomic E-state index is 0.303. The second-order valence-electron chi connectivity index (χ2n) is 10.3. The fraction of sp³-hybridized carbons (Fsp3) is 0.870. The molecule has 1 heterocycles. The number of carbonyl (C=O) groups is 1. The van der Waals surface area contributed by atoms with E-state index in [2.05, 4.69) is 43.4 Å². The SMILES string of the molecule is C[C@]12CC[C@H]3[C@@H](CCC4=CC5(CC[C@@]43C)SCCS5)[C@@H]1CC[C@@H]2[13C]([13CH3])=O. The second-order valence-corrected chi connectivity index (χ2v) is 13.4. The van der Waals surface area contributed by atoms with E-state index in [1.54, 1.807) is 0 Å². The first-order valence-corrected chi connectivity index (χ1v) is 12.9. The summed E-state index contributed by atoms with van der Waals surface area (Å²) in [5, 5.41) is 0. The third kappa shape index (κ3) is 2.41. The van der Waals surface area contributed by atoms with E-state index in [1.165, 1.54) is 56.5 Å². The van der Waals surface area contributed by atoms with Crippen LogP contribution in [0.25, 0.3) is 0 Å². The number of hydrogen-bond donors (Lipinski definition) is 0. The molecular formula is C23H34OS2. The summed E-state index contributed by atoms with van der Waals surface area (Å²) in [7, 11) is 0.